The van der Waals surface area contributed by atoms with Crippen LogP contribution in [0.4, 0.5) is 10.2 Å². The summed E-state index contributed by atoms with van der Waals surface area (Å²) in [6.07, 6.45) is -10.9. The molecule has 0 amide bonds. The maximum Gasteiger partial charge on any atom is 0.472 e. The second-order valence-corrected chi connectivity index (χ2v) is 13.1. The van der Waals surface area contributed by atoms with E-state index >= 15 is 4.39 Å². The number of halogens is 1. The maximum atomic E-state index is 15.9. The topological polar surface area (TPSA) is 251 Å². The molecule has 22 heteroatoms. The largest absolute Gasteiger partial charge is 0.472 e. The summed E-state index contributed by atoms with van der Waals surface area (Å²) in [7, 11) is -10.1. The molecule has 7 rings (SSSR count). The summed E-state index contributed by atoms with van der Waals surface area (Å²) in [5, 5.41) is 19.2. The van der Waals surface area contributed by atoms with Gasteiger partial charge in [0.15, 0.2) is 30.1 Å². The summed E-state index contributed by atoms with van der Waals surface area (Å²) in [6.45, 7) is 0.170. The SMILES string of the molecule is Cc1cccc2c1nnn2[C@@H]1O[C@@H]2COP(=O)(O)O[C@H]3[C@@H](F)[C@H](n4cnc5c(N)ncnc54)O[C@@H]3COP(=O)(O)O[C@@H]1[C@@H]2O. The lowest BCUT2D eigenvalue weighted by atomic mass is 10.1. The van der Waals surface area contributed by atoms with Crippen molar-refractivity contribution in [3.8, 4) is 0 Å². The van der Waals surface area contributed by atoms with Gasteiger partial charge < -0.3 is 30.1 Å². The highest BCUT2D eigenvalue weighted by atomic mass is 31.2. The van der Waals surface area contributed by atoms with Gasteiger partial charge in [0.2, 0.25) is 0 Å². The minimum atomic E-state index is -5.08. The van der Waals surface area contributed by atoms with Crippen LogP contribution in [0.15, 0.2) is 30.9 Å². The van der Waals surface area contributed by atoms with E-state index in [4.69, 9.17) is 33.3 Å². The minimum Gasteiger partial charge on any atom is -0.387 e. The first-order chi connectivity index (χ1) is 20.9. The van der Waals surface area contributed by atoms with Crippen LogP contribution in [0, 0.1) is 6.92 Å². The van der Waals surface area contributed by atoms with Crippen LogP contribution in [-0.2, 0) is 36.7 Å². The van der Waals surface area contributed by atoms with Crippen LogP contribution >= 0.6 is 15.6 Å². The van der Waals surface area contributed by atoms with Crippen molar-refractivity contribution in [3.05, 3.63) is 36.4 Å². The molecule has 3 aliphatic rings. The molecule has 5 N–H and O–H groups in total. The molecule has 44 heavy (non-hydrogen) atoms. The van der Waals surface area contributed by atoms with Gasteiger partial charge in [0.1, 0.15) is 47.9 Å². The molecule has 0 radical (unpaired) electrons. The molecular formula is C22H25FN8O11P2. The highest BCUT2D eigenvalue weighted by molar-refractivity contribution is 7.47. The molecule has 2 unspecified atom stereocenters. The molecule has 0 saturated carbocycles. The Kier molecular flexibility index (Phi) is 7.30. The molecule has 10 atom stereocenters. The first kappa shape index (κ1) is 29.7. The molecule has 2 bridgehead atoms. The molecule has 0 aliphatic carbocycles. The number of nitrogen functional groups attached to an aromatic ring is 1. The van der Waals surface area contributed by atoms with Crippen LogP contribution in [0.2, 0.25) is 0 Å². The summed E-state index contributed by atoms with van der Waals surface area (Å²) >= 11 is 0. The Labute approximate surface area is 245 Å². The van der Waals surface area contributed by atoms with Crippen molar-refractivity contribution < 1.29 is 56.0 Å². The Balaban J connectivity index is 1.20. The highest BCUT2D eigenvalue weighted by Gasteiger charge is 2.54. The number of fused-ring (bicyclic) bond motifs is 5. The first-order valence-electron chi connectivity index (χ1n) is 13.1. The number of aliphatic hydroxyl groups excluding tert-OH is 1. The van der Waals surface area contributed by atoms with Crippen molar-refractivity contribution in [2.45, 2.75) is 56.1 Å². The summed E-state index contributed by atoms with van der Waals surface area (Å²) in [4.78, 5) is 33.2. The second-order valence-electron chi connectivity index (χ2n) is 10.3. The molecule has 1 aromatic carbocycles. The monoisotopic (exact) mass is 658 g/mol. The van der Waals surface area contributed by atoms with Crippen molar-refractivity contribution in [1.29, 1.82) is 0 Å². The standard InChI is InChI=1S/C22H25FN8O11P2/c1-9-3-2-4-10-14(9)28-29-31(10)22-18-16(32)11(39-22)5-37-43(33,34)41-17-12(6-38-44(35,36)42-18)40-21(13(17)23)30-8-27-15-19(24)25-7-26-20(15)30/h2-4,7-8,11-13,16-18,21-22,32H,5-6H2,1H3,(H,33,34)(H,35,36)(H2,24,25,26)/t11-,12-,13-,16-,17-,18-,21-,22-/m1/s1. The van der Waals surface area contributed by atoms with E-state index < -0.39 is 78.0 Å². The normalized spacial score (nSPS) is 38.3. The zero-order chi connectivity index (χ0) is 31.0. The van der Waals surface area contributed by atoms with Gasteiger partial charge in [0.25, 0.3) is 0 Å². The summed E-state index contributed by atoms with van der Waals surface area (Å²) in [5.74, 6) is 0.0160. The van der Waals surface area contributed by atoms with Gasteiger partial charge in [-0.05, 0) is 18.6 Å². The third-order valence-corrected chi connectivity index (χ3v) is 9.47. The lowest BCUT2D eigenvalue weighted by Gasteiger charge is -2.25. The number of aromatic nitrogens is 7. The fraction of sp³-hybridized carbons (Fsp3) is 0.500. The van der Waals surface area contributed by atoms with Crippen molar-refractivity contribution in [2.75, 3.05) is 18.9 Å². The van der Waals surface area contributed by atoms with Gasteiger partial charge in [-0.1, -0.05) is 17.3 Å². The lowest BCUT2D eigenvalue weighted by Crippen LogP contribution is -2.35. The summed E-state index contributed by atoms with van der Waals surface area (Å²) in [5.41, 5.74) is 7.76. The van der Waals surface area contributed by atoms with Crippen LogP contribution in [-0.4, -0.2) is 99.3 Å². The predicted octanol–water partition coefficient (Wildman–Crippen LogP) is 0.674. The third kappa shape index (κ3) is 5.11. The molecule has 19 nitrogen and oxygen atoms in total. The van der Waals surface area contributed by atoms with Gasteiger partial charge >= 0.3 is 15.6 Å². The first-order valence-corrected chi connectivity index (χ1v) is 16.1. The number of phosphoric acid groups is 2. The highest BCUT2D eigenvalue weighted by Crippen LogP contribution is 2.54. The Bertz CT molecular complexity index is 1830. The van der Waals surface area contributed by atoms with Crippen molar-refractivity contribution in [3.63, 3.8) is 0 Å². The summed E-state index contributed by atoms with van der Waals surface area (Å²) < 4.78 is 76.8. The number of nitrogens with zero attached hydrogens (tertiary/aromatic N) is 7. The average Bonchev–Trinajstić information content (AvgIpc) is 3.73. The molecule has 4 aromatic rings. The van der Waals surface area contributed by atoms with E-state index in [1.54, 1.807) is 25.1 Å². The predicted molar refractivity (Wildman–Crippen MR) is 142 cm³/mol. The number of imidazole rings is 1. The average molecular weight is 658 g/mol. The van der Waals surface area contributed by atoms with Gasteiger partial charge in [-0.3, -0.25) is 22.7 Å². The van der Waals surface area contributed by atoms with Crippen LogP contribution in [0.1, 0.15) is 18.0 Å². The molecule has 3 saturated heterocycles. The number of alkyl halides is 1. The van der Waals surface area contributed by atoms with Crippen LogP contribution < -0.4 is 5.73 Å². The minimum absolute atomic E-state index is 0.0160. The molecule has 236 valence electrons. The van der Waals surface area contributed by atoms with Crippen molar-refractivity contribution in [1.82, 2.24) is 34.5 Å². The Morgan fingerprint density at radius 1 is 0.977 bits per heavy atom. The second kappa shape index (κ2) is 10.8. The number of phosphoric ester groups is 2. The molecule has 3 aliphatic heterocycles. The van der Waals surface area contributed by atoms with Crippen LogP contribution in [0.5, 0.6) is 0 Å². The van der Waals surface area contributed by atoms with E-state index in [0.717, 1.165) is 16.5 Å². The molecule has 0 spiro atoms. The van der Waals surface area contributed by atoms with Gasteiger partial charge in [0.05, 0.1) is 25.1 Å². The van der Waals surface area contributed by atoms with E-state index in [-0.39, 0.29) is 17.0 Å². The Hall–Kier alpha value is -3.00. The zero-order valence-corrected chi connectivity index (χ0v) is 24.3. The number of hydrogen-bond acceptors (Lipinski definition) is 15. The number of anilines is 1. The summed E-state index contributed by atoms with van der Waals surface area (Å²) in [6, 6.07) is 5.18. The van der Waals surface area contributed by atoms with Crippen LogP contribution in [0.3, 0.4) is 0 Å². The van der Waals surface area contributed by atoms with Gasteiger partial charge in [-0.2, -0.15) is 0 Å². The van der Waals surface area contributed by atoms with E-state index in [2.05, 4.69) is 25.3 Å². The van der Waals surface area contributed by atoms with E-state index in [9.17, 15) is 24.0 Å². The van der Waals surface area contributed by atoms with E-state index in [0.29, 0.717) is 11.0 Å². The number of nitrogens with two attached hydrogens (primary N) is 1. The van der Waals surface area contributed by atoms with E-state index in [1.165, 1.54) is 11.0 Å². The lowest BCUT2D eigenvalue weighted by molar-refractivity contribution is -0.0706. The fourth-order valence-electron chi connectivity index (χ4n) is 5.39. The molecular weight excluding hydrogens is 633 g/mol. The van der Waals surface area contributed by atoms with E-state index in [1.807, 2.05) is 0 Å². The van der Waals surface area contributed by atoms with Gasteiger partial charge in [0, 0.05) is 0 Å². The van der Waals surface area contributed by atoms with Crippen LogP contribution in [0.25, 0.3) is 22.2 Å². The quantitative estimate of drug-likeness (QED) is 0.216. The van der Waals surface area contributed by atoms with Crippen molar-refractivity contribution >= 4 is 43.7 Å². The number of rotatable bonds is 2. The Morgan fingerprint density at radius 2 is 1.68 bits per heavy atom. The number of aryl methyl sites for hydroxylation is 1. The fourth-order valence-corrected chi connectivity index (χ4v) is 7.28. The zero-order valence-electron chi connectivity index (χ0n) is 22.5. The van der Waals surface area contributed by atoms with Gasteiger partial charge in [-0.15, -0.1) is 5.10 Å². The number of benzene rings is 1. The third-order valence-electron chi connectivity index (χ3n) is 7.50. The molecule has 3 fully saturated rings. The Morgan fingerprint density at radius 3 is 2.45 bits per heavy atom. The number of aliphatic hydroxyl groups is 1. The molecule has 3 aromatic heterocycles. The van der Waals surface area contributed by atoms with Crippen molar-refractivity contribution in [2.24, 2.45) is 0 Å². The van der Waals surface area contributed by atoms with Gasteiger partial charge in [-0.25, -0.2) is 33.2 Å². The number of ether oxygens (including phenoxy) is 2. The molecule has 6 heterocycles. The maximum absolute atomic E-state index is 15.9. The smallest absolute Gasteiger partial charge is 0.387 e. The number of hydrogen-bond donors (Lipinski definition) is 4.